The topological polar surface area (TPSA) is 28.1 Å². The van der Waals surface area contributed by atoms with Crippen molar-refractivity contribution in [2.75, 3.05) is 0 Å². The first-order valence-corrected chi connectivity index (χ1v) is 2.95. The minimum Gasteiger partial charge on any atom is -0.235 e. The Morgan fingerprint density at radius 3 is 2.58 bits per heavy atom. The molecule has 0 saturated heterocycles. The van der Waals surface area contributed by atoms with Gasteiger partial charge in [-0.1, -0.05) is 0 Å². The van der Waals surface area contributed by atoms with Crippen LogP contribution in [0.25, 0.3) is 4.85 Å². The van der Waals surface area contributed by atoms with Crippen LogP contribution in [0.15, 0.2) is 12.1 Å². The Kier molecular flexibility index (Phi) is 2.02. The summed E-state index contributed by atoms with van der Waals surface area (Å²) < 4.78 is 25.4. The largest absolute Gasteiger partial charge is 0.235 e. The molecule has 0 heterocycles. The Hall–Kier alpha value is -1.94. The molecule has 0 atom stereocenters. The predicted molar refractivity (Wildman–Crippen MR) is 37.3 cm³/mol. The predicted octanol–water partition coefficient (Wildman–Crippen LogP) is 2.39. The van der Waals surface area contributed by atoms with Crippen LogP contribution < -0.4 is 0 Å². The molecule has 0 aliphatic carbocycles. The highest BCUT2D eigenvalue weighted by molar-refractivity contribution is 5.52. The Bertz CT molecular complexity index is 363. The lowest BCUT2D eigenvalue weighted by atomic mass is 10.2. The molecule has 1 aromatic rings. The van der Waals surface area contributed by atoms with E-state index in [1.54, 1.807) is 0 Å². The van der Waals surface area contributed by atoms with Gasteiger partial charge in [-0.3, -0.25) is 0 Å². The van der Waals surface area contributed by atoms with Crippen molar-refractivity contribution in [1.29, 1.82) is 5.26 Å². The molecule has 0 saturated carbocycles. The van der Waals surface area contributed by atoms with Gasteiger partial charge in [0, 0.05) is 0 Å². The van der Waals surface area contributed by atoms with E-state index in [1.165, 1.54) is 6.07 Å². The van der Waals surface area contributed by atoms with E-state index in [-0.39, 0.29) is 0 Å². The average Bonchev–Trinajstić information content (AvgIpc) is 2.08. The molecule has 12 heavy (non-hydrogen) atoms. The fraction of sp³-hybridized carbons (Fsp3) is 0. The lowest BCUT2D eigenvalue weighted by Crippen LogP contribution is -1.85. The van der Waals surface area contributed by atoms with E-state index in [1.807, 2.05) is 0 Å². The lowest BCUT2D eigenvalue weighted by molar-refractivity contribution is 0.602. The van der Waals surface area contributed by atoms with Crippen LogP contribution in [-0.2, 0) is 0 Å². The number of halogens is 2. The molecule has 0 radical (unpaired) electrons. The van der Waals surface area contributed by atoms with Crippen LogP contribution in [0.3, 0.4) is 0 Å². The van der Waals surface area contributed by atoms with Gasteiger partial charge < -0.3 is 0 Å². The summed E-state index contributed by atoms with van der Waals surface area (Å²) in [5.74, 6) is -1.74. The maximum atomic E-state index is 12.9. The molecule has 0 N–H and O–H groups in total. The molecule has 2 nitrogen and oxygen atoms in total. The number of rotatable bonds is 0. The van der Waals surface area contributed by atoms with Gasteiger partial charge in [0.25, 0.3) is 0 Å². The summed E-state index contributed by atoms with van der Waals surface area (Å²) in [7, 11) is 0. The van der Waals surface area contributed by atoms with Gasteiger partial charge in [0.05, 0.1) is 12.1 Å². The molecule has 0 aromatic heterocycles. The fourth-order valence-electron chi connectivity index (χ4n) is 0.738. The molecule has 0 unspecified atom stereocenters. The minimum atomic E-state index is -0.964. The first-order valence-electron chi connectivity index (χ1n) is 2.95. The number of hydrogen-bond acceptors (Lipinski definition) is 1. The van der Waals surface area contributed by atoms with Gasteiger partial charge in [-0.25, -0.2) is 13.6 Å². The molecular weight excluding hydrogens is 162 g/mol. The summed E-state index contributed by atoms with van der Waals surface area (Å²) in [6.07, 6.45) is 0. The summed E-state index contributed by atoms with van der Waals surface area (Å²) in [5, 5.41) is 8.30. The second kappa shape index (κ2) is 2.98. The molecule has 0 spiro atoms. The smallest absolute Gasteiger partial charge is 0.226 e. The van der Waals surface area contributed by atoms with Gasteiger partial charge in [-0.05, 0) is 12.1 Å². The van der Waals surface area contributed by atoms with Gasteiger partial charge in [-0.2, -0.15) is 5.26 Å². The highest BCUT2D eigenvalue weighted by atomic mass is 19.1. The van der Waals surface area contributed by atoms with E-state index >= 15 is 0 Å². The molecule has 0 aliphatic heterocycles. The van der Waals surface area contributed by atoms with Crippen molar-refractivity contribution in [3.05, 3.63) is 40.7 Å². The van der Waals surface area contributed by atoms with E-state index in [0.717, 1.165) is 12.1 Å². The van der Waals surface area contributed by atoms with Crippen molar-refractivity contribution in [2.24, 2.45) is 0 Å². The van der Waals surface area contributed by atoms with Gasteiger partial charge in [-0.15, -0.1) is 0 Å². The van der Waals surface area contributed by atoms with Crippen molar-refractivity contribution in [1.82, 2.24) is 0 Å². The Balaban J connectivity index is 3.48. The Morgan fingerprint density at radius 1 is 1.42 bits per heavy atom. The summed E-state index contributed by atoms with van der Waals surface area (Å²) in [4.78, 5) is 2.72. The average molecular weight is 164 g/mol. The fourth-order valence-corrected chi connectivity index (χ4v) is 0.738. The molecule has 0 aliphatic rings. The van der Waals surface area contributed by atoms with E-state index < -0.39 is 22.9 Å². The highest BCUT2D eigenvalue weighted by Gasteiger charge is 2.09. The van der Waals surface area contributed by atoms with Crippen LogP contribution >= 0.6 is 0 Å². The number of hydrogen-bond donors (Lipinski definition) is 0. The van der Waals surface area contributed by atoms with Crippen molar-refractivity contribution in [2.45, 2.75) is 0 Å². The number of nitrogens with zero attached hydrogens (tertiary/aromatic N) is 2. The molecule has 1 aromatic carbocycles. The second-order valence-corrected chi connectivity index (χ2v) is 2.01. The van der Waals surface area contributed by atoms with Crippen molar-refractivity contribution in [3.63, 3.8) is 0 Å². The van der Waals surface area contributed by atoms with Crippen molar-refractivity contribution < 1.29 is 8.78 Å². The van der Waals surface area contributed by atoms with Crippen LogP contribution in [0.4, 0.5) is 14.5 Å². The lowest BCUT2D eigenvalue weighted by Gasteiger charge is -1.95. The maximum Gasteiger partial charge on any atom is 0.226 e. The summed E-state index contributed by atoms with van der Waals surface area (Å²) in [5.41, 5.74) is -0.910. The molecule has 0 bridgehead atoms. The van der Waals surface area contributed by atoms with Crippen molar-refractivity contribution >= 4 is 5.69 Å². The third kappa shape index (κ3) is 1.23. The van der Waals surface area contributed by atoms with Crippen LogP contribution in [0, 0.1) is 29.5 Å². The SMILES string of the molecule is [C-]#[N+]c1cc(F)cc(C#N)c1F. The number of benzene rings is 1. The molecule has 0 fully saturated rings. The van der Waals surface area contributed by atoms with Gasteiger partial charge in [0.15, 0.2) is 0 Å². The van der Waals surface area contributed by atoms with Crippen LogP contribution in [0.5, 0.6) is 0 Å². The second-order valence-electron chi connectivity index (χ2n) is 2.01. The van der Waals surface area contributed by atoms with E-state index in [0.29, 0.717) is 0 Å². The van der Waals surface area contributed by atoms with E-state index in [9.17, 15) is 8.78 Å². The quantitative estimate of drug-likeness (QED) is 0.541. The summed E-state index contributed by atoms with van der Waals surface area (Å²) >= 11 is 0. The number of nitriles is 1. The first-order chi connectivity index (χ1) is 5.69. The summed E-state index contributed by atoms with van der Waals surface area (Å²) in [6.45, 7) is 6.46. The Labute approximate surface area is 67.5 Å². The molecular formula is C8H2F2N2. The zero-order valence-corrected chi connectivity index (χ0v) is 5.81. The zero-order chi connectivity index (χ0) is 9.14. The molecule has 0 amide bonds. The monoisotopic (exact) mass is 164 g/mol. The van der Waals surface area contributed by atoms with Crippen LogP contribution in [-0.4, -0.2) is 0 Å². The Morgan fingerprint density at radius 2 is 2.08 bits per heavy atom. The third-order valence-corrected chi connectivity index (χ3v) is 1.26. The van der Waals surface area contributed by atoms with Gasteiger partial charge in [0.2, 0.25) is 5.69 Å². The first kappa shape index (κ1) is 8.16. The minimum absolute atomic E-state index is 0.444. The van der Waals surface area contributed by atoms with E-state index in [2.05, 4.69) is 4.85 Å². The molecule has 4 heteroatoms. The van der Waals surface area contributed by atoms with Gasteiger partial charge in [0.1, 0.15) is 17.7 Å². The maximum absolute atomic E-state index is 12.9. The van der Waals surface area contributed by atoms with Crippen LogP contribution in [0.2, 0.25) is 0 Å². The van der Waals surface area contributed by atoms with Crippen molar-refractivity contribution in [3.8, 4) is 6.07 Å². The standard InChI is InChI=1S/C8H2F2N2/c1-12-7-3-6(9)2-5(4-11)8(7)10/h2-3H. The van der Waals surface area contributed by atoms with E-state index in [4.69, 9.17) is 11.8 Å². The van der Waals surface area contributed by atoms with Crippen LogP contribution in [0.1, 0.15) is 5.56 Å². The molecule has 1 rings (SSSR count). The van der Waals surface area contributed by atoms with Gasteiger partial charge >= 0.3 is 0 Å². The molecule has 58 valence electrons. The zero-order valence-electron chi connectivity index (χ0n) is 5.81. The summed E-state index contributed by atoms with van der Waals surface area (Å²) in [6, 6.07) is 2.96. The third-order valence-electron chi connectivity index (χ3n) is 1.26. The highest BCUT2D eigenvalue weighted by Crippen LogP contribution is 2.22. The normalized spacial score (nSPS) is 8.67.